The fourth-order valence-corrected chi connectivity index (χ4v) is 3.39. The maximum absolute atomic E-state index is 11.3. The van der Waals surface area contributed by atoms with Gasteiger partial charge >= 0.3 is 5.97 Å². The van der Waals surface area contributed by atoms with E-state index in [1.807, 2.05) is 10.7 Å². The van der Waals surface area contributed by atoms with E-state index in [0.29, 0.717) is 11.5 Å². The van der Waals surface area contributed by atoms with Crippen molar-refractivity contribution in [3.63, 3.8) is 0 Å². The fourth-order valence-electron chi connectivity index (χ4n) is 3.39. The Bertz CT molecular complexity index is 1000. The van der Waals surface area contributed by atoms with Crippen LogP contribution in [0.5, 0.6) is 0 Å². The molecule has 0 saturated heterocycles. The van der Waals surface area contributed by atoms with Gasteiger partial charge in [0.15, 0.2) is 5.82 Å². The molecule has 1 amide bonds. The Morgan fingerprint density at radius 3 is 2.70 bits per heavy atom. The Balaban J connectivity index is 1.72. The molecule has 1 atom stereocenters. The van der Waals surface area contributed by atoms with E-state index in [1.54, 1.807) is 23.0 Å². The zero-order chi connectivity index (χ0) is 19.0. The lowest BCUT2D eigenvalue weighted by atomic mass is 9.95. The number of carboxylic acid groups (broad SMARTS) is 1. The molecule has 1 aliphatic rings. The molecule has 0 fully saturated rings. The normalized spacial score (nSPS) is 16.1. The molecule has 0 bridgehead atoms. The summed E-state index contributed by atoms with van der Waals surface area (Å²) in [6.45, 7) is 0.781. The van der Waals surface area contributed by atoms with Crippen LogP contribution in [0.3, 0.4) is 0 Å². The van der Waals surface area contributed by atoms with Crippen molar-refractivity contribution in [2.24, 2.45) is 5.73 Å². The minimum absolute atomic E-state index is 0.0438. The molecular formula is C18H18N6O3. The largest absolute Gasteiger partial charge is 0.478 e. The van der Waals surface area contributed by atoms with Crippen molar-refractivity contribution in [2.75, 3.05) is 0 Å². The van der Waals surface area contributed by atoms with Gasteiger partial charge in [0.05, 0.1) is 17.7 Å². The molecule has 0 aliphatic carbocycles. The number of nitrogens with two attached hydrogens (primary N) is 1. The Labute approximate surface area is 154 Å². The third-order valence-corrected chi connectivity index (χ3v) is 4.68. The molecule has 138 valence electrons. The molecule has 9 nitrogen and oxygen atoms in total. The highest BCUT2D eigenvalue weighted by Gasteiger charge is 2.26. The topological polar surface area (TPSA) is 129 Å². The molecule has 4 rings (SSSR count). The van der Waals surface area contributed by atoms with Crippen molar-refractivity contribution in [2.45, 2.75) is 31.7 Å². The van der Waals surface area contributed by atoms with E-state index >= 15 is 0 Å². The van der Waals surface area contributed by atoms with Gasteiger partial charge in [-0.25, -0.2) is 14.5 Å². The molecule has 0 saturated carbocycles. The average Bonchev–Trinajstić information content (AvgIpc) is 3.27. The van der Waals surface area contributed by atoms with Crippen LogP contribution < -0.4 is 5.73 Å². The average molecular weight is 366 g/mol. The van der Waals surface area contributed by atoms with Crippen molar-refractivity contribution in [1.29, 1.82) is 0 Å². The van der Waals surface area contributed by atoms with Crippen molar-refractivity contribution in [1.82, 2.24) is 24.5 Å². The van der Waals surface area contributed by atoms with Crippen LogP contribution in [0.25, 0.3) is 5.69 Å². The summed E-state index contributed by atoms with van der Waals surface area (Å²) >= 11 is 0. The zero-order valence-electron chi connectivity index (χ0n) is 14.4. The summed E-state index contributed by atoms with van der Waals surface area (Å²) in [5, 5.41) is 17.8. The number of rotatable bonds is 5. The van der Waals surface area contributed by atoms with Crippen LogP contribution in [0.2, 0.25) is 0 Å². The van der Waals surface area contributed by atoms with Crippen LogP contribution in [0, 0.1) is 0 Å². The maximum atomic E-state index is 11.3. The van der Waals surface area contributed by atoms with E-state index in [-0.39, 0.29) is 17.9 Å². The summed E-state index contributed by atoms with van der Waals surface area (Å²) in [4.78, 5) is 27.0. The Morgan fingerprint density at radius 1 is 1.22 bits per heavy atom. The summed E-state index contributed by atoms with van der Waals surface area (Å²) < 4.78 is 3.66. The van der Waals surface area contributed by atoms with Crippen molar-refractivity contribution in [3.8, 4) is 5.69 Å². The van der Waals surface area contributed by atoms with Gasteiger partial charge in [0.25, 0.3) is 0 Å². The lowest BCUT2D eigenvalue weighted by Gasteiger charge is -2.23. The maximum Gasteiger partial charge on any atom is 0.335 e. The highest BCUT2D eigenvalue weighted by molar-refractivity contribution is 5.87. The van der Waals surface area contributed by atoms with E-state index < -0.39 is 11.9 Å². The van der Waals surface area contributed by atoms with Crippen LogP contribution in [-0.4, -0.2) is 41.5 Å². The Kier molecular flexibility index (Phi) is 4.19. The first-order valence-corrected chi connectivity index (χ1v) is 8.60. The van der Waals surface area contributed by atoms with Crippen LogP contribution in [0.4, 0.5) is 0 Å². The SMILES string of the molecule is NC(=O)Cc1nc(C2CCn3nccc3C2)n(-c2ccc(C(=O)O)cc2)n1. The number of carbonyl (C=O) groups excluding carboxylic acids is 1. The van der Waals surface area contributed by atoms with Crippen molar-refractivity contribution in [3.05, 3.63) is 59.4 Å². The van der Waals surface area contributed by atoms with Crippen molar-refractivity contribution < 1.29 is 14.7 Å². The van der Waals surface area contributed by atoms with Crippen LogP contribution in [-0.2, 0) is 24.2 Å². The number of carbonyl (C=O) groups is 2. The van der Waals surface area contributed by atoms with Crippen LogP contribution >= 0.6 is 0 Å². The smallest absolute Gasteiger partial charge is 0.335 e. The molecule has 27 heavy (non-hydrogen) atoms. The number of carboxylic acids is 1. The number of hydrogen-bond acceptors (Lipinski definition) is 5. The molecule has 3 heterocycles. The van der Waals surface area contributed by atoms with E-state index in [9.17, 15) is 9.59 Å². The van der Waals surface area contributed by atoms with Gasteiger partial charge in [-0.3, -0.25) is 9.48 Å². The molecule has 1 aliphatic heterocycles. The molecule has 2 aromatic heterocycles. The molecule has 1 unspecified atom stereocenters. The van der Waals surface area contributed by atoms with Crippen molar-refractivity contribution >= 4 is 11.9 Å². The number of aryl methyl sites for hydroxylation is 1. The Morgan fingerprint density at radius 2 is 2.00 bits per heavy atom. The van der Waals surface area contributed by atoms with Gasteiger partial charge in [0.1, 0.15) is 5.82 Å². The summed E-state index contributed by atoms with van der Waals surface area (Å²) in [5.74, 6) is -0.278. The standard InChI is InChI=1S/C18H18N6O3/c19-15(25)10-16-21-17(12-6-8-23-14(9-12)5-7-20-23)24(22-16)13-3-1-11(2-4-13)18(26)27/h1-5,7,12H,6,8-10H2,(H2,19,25)(H,26,27). The van der Waals surface area contributed by atoms with E-state index in [1.165, 1.54) is 12.1 Å². The minimum Gasteiger partial charge on any atom is -0.478 e. The number of fused-ring (bicyclic) bond motifs is 1. The number of benzene rings is 1. The lowest BCUT2D eigenvalue weighted by molar-refractivity contribution is -0.117. The molecule has 0 radical (unpaired) electrons. The summed E-state index contributed by atoms with van der Waals surface area (Å²) in [7, 11) is 0. The highest BCUT2D eigenvalue weighted by atomic mass is 16.4. The predicted octanol–water partition coefficient (Wildman–Crippen LogP) is 0.920. The molecule has 3 aromatic rings. The second-order valence-electron chi connectivity index (χ2n) is 6.53. The second kappa shape index (κ2) is 6.67. The molecule has 3 N–H and O–H groups in total. The second-order valence-corrected chi connectivity index (χ2v) is 6.53. The Hall–Kier alpha value is -3.49. The van der Waals surface area contributed by atoms with E-state index in [4.69, 9.17) is 10.8 Å². The van der Waals surface area contributed by atoms with Crippen LogP contribution in [0.1, 0.15) is 40.0 Å². The number of primary amides is 1. The number of amides is 1. The number of nitrogens with zero attached hydrogens (tertiary/aromatic N) is 5. The molecule has 1 aromatic carbocycles. The van der Waals surface area contributed by atoms with Gasteiger partial charge in [-0.2, -0.15) is 10.2 Å². The molecular weight excluding hydrogens is 348 g/mol. The number of hydrogen-bond donors (Lipinski definition) is 2. The first-order valence-electron chi connectivity index (χ1n) is 8.60. The zero-order valence-corrected chi connectivity index (χ0v) is 14.4. The van der Waals surface area contributed by atoms with E-state index in [0.717, 1.165) is 30.9 Å². The van der Waals surface area contributed by atoms with Crippen LogP contribution in [0.15, 0.2) is 36.5 Å². The van der Waals surface area contributed by atoms with Gasteiger partial charge in [-0.1, -0.05) is 0 Å². The van der Waals surface area contributed by atoms with Gasteiger partial charge in [-0.15, -0.1) is 0 Å². The third-order valence-electron chi connectivity index (χ3n) is 4.68. The summed E-state index contributed by atoms with van der Waals surface area (Å²) in [6, 6.07) is 8.39. The van der Waals surface area contributed by atoms with Gasteiger partial charge in [0.2, 0.25) is 5.91 Å². The monoisotopic (exact) mass is 366 g/mol. The minimum atomic E-state index is -0.990. The number of aromatic carboxylic acids is 1. The predicted molar refractivity (Wildman–Crippen MR) is 94.5 cm³/mol. The summed E-state index contributed by atoms with van der Waals surface area (Å²) in [6.07, 6.45) is 3.35. The molecule has 0 spiro atoms. The van der Waals surface area contributed by atoms with Gasteiger partial charge < -0.3 is 10.8 Å². The lowest BCUT2D eigenvalue weighted by Crippen LogP contribution is -2.21. The third kappa shape index (κ3) is 3.31. The first-order chi connectivity index (χ1) is 13.0. The van der Waals surface area contributed by atoms with Gasteiger partial charge in [0, 0.05) is 24.4 Å². The number of aromatic nitrogens is 5. The fraction of sp³-hybridized carbons (Fsp3) is 0.278. The van der Waals surface area contributed by atoms with Gasteiger partial charge in [-0.05, 0) is 43.2 Å². The summed E-state index contributed by atoms with van der Waals surface area (Å²) in [5.41, 5.74) is 7.31. The molecule has 9 heteroatoms. The quantitative estimate of drug-likeness (QED) is 0.691. The van der Waals surface area contributed by atoms with E-state index in [2.05, 4.69) is 15.2 Å². The highest BCUT2D eigenvalue weighted by Crippen LogP contribution is 2.29. The first kappa shape index (κ1) is 17.0.